The van der Waals surface area contributed by atoms with Crippen molar-refractivity contribution in [1.82, 2.24) is 0 Å². The Balaban J connectivity index is 1.81. The molecule has 4 heteroatoms. The number of benzene rings is 2. The molecule has 1 fully saturated rings. The van der Waals surface area contributed by atoms with Crippen molar-refractivity contribution in [2.75, 3.05) is 5.32 Å². The Kier molecular flexibility index (Phi) is 3.87. The summed E-state index contributed by atoms with van der Waals surface area (Å²) >= 11 is 3.41. The standard InChI is InChI=1S/C18H16BrNO2/c1-12(21)13-3-2-4-16(11-13)20-17(22)18(9-10-18)14-5-7-15(19)8-6-14/h2-8,11H,9-10H2,1H3,(H,20,22). The van der Waals surface area contributed by atoms with E-state index in [1.54, 1.807) is 18.2 Å². The fourth-order valence-corrected chi connectivity index (χ4v) is 2.87. The van der Waals surface area contributed by atoms with Crippen LogP contribution < -0.4 is 5.32 Å². The zero-order valence-electron chi connectivity index (χ0n) is 12.2. The molecule has 0 radical (unpaired) electrons. The highest BCUT2D eigenvalue weighted by Gasteiger charge is 2.51. The lowest BCUT2D eigenvalue weighted by Crippen LogP contribution is -2.27. The summed E-state index contributed by atoms with van der Waals surface area (Å²) in [5.74, 6) is -0.0133. The summed E-state index contributed by atoms with van der Waals surface area (Å²) in [6, 6.07) is 15.0. The molecule has 0 aromatic heterocycles. The molecule has 0 atom stereocenters. The lowest BCUT2D eigenvalue weighted by Gasteiger charge is -2.16. The highest BCUT2D eigenvalue weighted by atomic mass is 79.9. The second-order valence-corrected chi connectivity index (χ2v) is 6.60. The van der Waals surface area contributed by atoms with Gasteiger partial charge >= 0.3 is 0 Å². The van der Waals surface area contributed by atoms with Crippen LogP contribution in [0.25, 0.3) is 0 Å². The molecule has 0 spiro atoms. The number of rotatable bonds is 4. The summed E-state index contributed by atoms with van der Waals surface area (Å²) in [5, 5.41) is 2.95. The van der Waals surface area contributed by atoms with E-state index in [-0.39, 0.29) is 11.7 Å². The number of anilines is 1. The van der Waals surface area contributed by atoms with Gasteiger partial charge < -0.3 is 5.32 Å². The molecule has 112 valence electrons. The molecule has 22 heavy (non-hydrogen) atoms. The minimum atomic E-state index is -0.424. The van der Waals surface area contributed by atoms with E-state index in [0.717, 1.165) is 22.9 Å². The molecular formula is C18H16BrNO2. The average Bonchev–Trinajstić information content (AvgIpc) is 3.30. The lowest BCUT2D eigenvalue weighted by molar-refractivity contribution is -0.118. The molecule has 0 bridgehead atoms. The van der Waals surface area contributed by atoms with E-state index in [1.807, 2.05) is 30.3 Å². The Morgan fingerprint density at radius 3 is 2.36 bits per heavy atom. The predicted octanol–water partition coefficient (Wildman–Crippen LogP) is 4.32. The molecule has 0 unspecified atom stereocenters. The summed E-state index contributed by atoms with van der Waals surface area (Å²) in [6.45, 7) is 1.52. The van der Waals surface area contributed by atoms with E-state index in [4.69, 9.17) is 0 Å². The Bertz CT molecular complexity index is 733. The van der Waals surface area contributed by atoms with Crippen LogP contribution in [-0.2, 0) is 10.2 Å². The first-order chi connectivity index (χ1) is 10.5. The minimum Gasteiger partial charge on any atom is -0.325 e. The summed E-state index contributed by atoms with van der Waals surface area (Å²) in [7, 11) is 0. The van der Waals surface area contributed by atoms with Crippen molar-refractivity contribution < 1.29 is 9.59 Å². The van der Waals surface area contributed by atoms with Crippen LogP contribution in [0.5, 0.6) is 0 Å². The summed E-state index contributed by atoms with van der Waals surface area (Å²) in [4.78, 5) is 24.1. The van der Waals surface area contributed by atoms with Gasteiger partial charge in [0.2, 0.25) is 5.91 Å². The smallest absolute Gasteiger partial charge is 0.235 e. The molecule has 0 saturated heterocycles. The SMILES string of the molecule is CC(=O)c1cccc(NC(=O)C2(c3ccc(Br)cc3)CC2)c1. The number of hydrogen-bond acceptors (Lipinski definition) is 2. The van der Waals surface area contributed by atoms with E-state index in [1.165, 1.54) is 6.92 Å². The van der Waals surface area contributed by atoms with Crippen LogP contribution in [0.1, 0.15) is 35.7 Å². The first-order valence-corrected chi connectivity index (χ1v) is 7.99. The van der Waals surface area contributed by atoms with Crippen LogP contribution in [-0.4, -0.2) is 11.7 Å². The van der Waals surface area contributed by atoms with Gasteiger partial charge in [0.05, 0.1) is 5.41 Å². The topological polar surface area (TPSA) is 46.2 Å². The van der Waals surface area contributed by atoms with Gasteiger partial charge in [-0.1, -0.05) is 40.2 Å². The van der Waals surface area contributed by atoms with Crippen LogP contribution in [0, 0.1) is 0 Å². The van der Waals surface area contributed by atoms with E-state index >= 15 is 0 Å². The third-order valence-corrected chi connectivity index (χ3v) is 4.64. The van der Waals surface area contributed by atoms with E-state index in [0.29, 0.717) is 11.3 Å². The number of halogens is 1. The van der Waals surface area contributed by atoms with Crippen molar-refractivity contribution in [3.63, 3.8) is 0 Å². The predicted molar refractivity (Wildman–Crippen MR) is 90.1 cm³/mol. The number of ketones is 1. The van der Waals surface area contributed by atoms with Crippen molar-refractivity contribution >= 4 is 33.3 Å². The van der Waals surface area contributed by atoms with Gasteiger partial charge in [0.1, 0.15) is 0 Å². The average molecular weight is 358 g/mol. The molecule has 3 rings (SSSR count). The zero-order valence-corrected chi connectivity index (χ0v) is 13.8. The first-order valence-electron chi connectivity index (χ1n) is 7.20. The van der Waals surface area contributed by atoms with Gasteiger partial charge in [0.15, 0.2) is 5.78 Å². The Morgan fingerprint density at radius 1 is 1.09 bits per heavy atom. The van der Waals surface area contributed by atoms with E-state index in [9.17, 15) is 9.59 Å². The third kappa shape index (κ3) is 2.83. The first kappa shape index (κ1) is 15.0. The highest BCUT2D eigenvalue weighted by molar-refractivity contribution is 9.10. The van der Waals surface area contributed by atoms with Crippen LogP contribution in [0.3, 0.4) is 0 Å². The number of hydrogen-bond donors (Lipinski definition) is 1. The molecule has 1 aliphatic rings. The van der Waals surface area contributed by atoms with Gasteiger partial charge in [-0.15, -0.1) is 0 Å². The highest BCUT2D eigenvalue weighted by Crippen LogP contribution is 2.49. The maximum absolute atomic E-state index is 12.7. The molecule has 1 N–H and O–H groups in total. The molecule has 1 amide bonds. The molecule has 3 nitrogen and oxygen atoms in total. The molecule has 1 saturated carbocycles. The number of amides is 1. The molecule has 0 heterocycles. The fourth-order valence-electron chi connectivity index (χ4n) is 2.61. The lowest BCUT2D eigenvalue weighted by atomic mass is 9.95. The Morgan fingerprint density at radius 2 is 1.77 bits per heavy atom. The minimum absolute atomic E-state index is 0.00414. The summed E-state index contributed by atoms with van der Waals surface area (Å²) < 4.78 is 1.00. The normalized spacial score (nSPS) is 15.2. The number of nitrogens with one attached hydrogen (secondary N) is 1. The fraction of sp³-hybridized carbons (Fsp3) is 0.222. The van der Waals surface area contributed by atoms with Gasteiger partial charge in [0.25, 0.3) is 0 Å². The van der Waals surface area contributed by atoms with Crippen molar-refractivity contribution in [2.45, 2.75) is 25.2 Å². The summed E-state index contributed by atoms with van der Waals surface area (Å²) in [6.07, 6.45) is 1.71. The monoisotopic (exact) mass is 357 g/mol. The molecule has 0 aliphatic heterocycles. The van der Waals surface area contributed by atoms with E-state index in [2.05, 4.69) is 21.2 Å². The second kappa shape index (κ2) is 5.69. The van der Waals surface area contributed by atoms with Crippen molar-refractivity contribution in [1.29, 1.82) is 0 Å². The van der Waals surface area contributed by atoms with Crippen molar-refractivity contribution in [2.24, 2.45) is 0 Å². The number of carbonyl (C=O) groups excluding carboxylic acids is 2. The maximum atomic E-state index is 12.7. The third-order valence-electron chi connectivity index (χ3n) is 4.11. The van der Waals surface area contributed by atoms with Gasteiger partial charge in [0, 0.05) is 15.7 Å². The van der Waals surface area contributed by atoms with E-state index < -0.39 is 5.41 Å². The molecule has 2 aromatic carbocycles. The maximum Gasteiger partial charge on any atom is 0.235 e. The molecule has 2 aromatic rings. The Hall–Kier alpha value is -1.94. The molecule has 1 aliphatic carbocycles. The van der Waals surface area contributed by atoms with Crippen LogP contribution in [0.2, 0.25) is 0 Å². The number of Topliss-reactive ketones (excluding diaryl/α,β-unsaturated/α-hetero) is 1. The van der Waals surface area contributed by atoms with Gasteiger partial charge in [-0.2, -0.15) is 0 Å². The quantitative estimate of drug-likeness (QED) is 0.828. The second-order valence-electron chi connectivity index (χ2n) is 5.68. The van der Waals surface area contributed by atoms with Gasteiger partial charge in [-0.3, -0.25) is 9.59 Å². The van der Waals surface area contributed by atoms with Crippen LogP contribution in [0.15, 0.2) is 53.0 Å². The van der Waals surface area contributed by atoms with Gasteiger partial charge in [-0.05, 0) is 49.6 Å². The van der Waals surface area contributed by atoms with Crippen molar-refractivity contribution in [3.05, 3.63) is 64.1 Å². The van der Waals surface area contributed by atoms with Crippen LogP contribution in [0.4, 0.5) is 5.69 Å². The largest absolute Gasteiger partial charge is 0.325 e. The summed E-state index contributed by atoms with van der Waals surface area (Å²) in [5.41, 5.74) is 1.88. The number of carbonyl (C=O) groups is 2. The van der Waals surface area contributed by atoms with Gasteiger partial charge in [-0.25, -0.2) is 0 Å². The van der Waals surface area contributed by atoms with Crippen LogP contribution >= 0.6 is 15.9 Å². The van der Waals surface area contributed by atoms with Crippen molar-refractivity contribution in [3.8, 4) is 0 Å². The Labute approximate surface area is 137 Å². The zero-order chi connectivity index (χ0) is 15.7. The molecular weight excluding hydrogens is 342 g/mol.